The van der Waals surface area contributed by atoms with Gasteiger partial charge in [-0.3, -0.25) is 4.79 Å². The highest BCUT2D eigenvalue weighted by Crippen LogP contribution is 2.36. The van der Waals surface area contributed by atoms with Crippen molar-refractivity contribution in [2.24, 2.45) is 0 Å². The molecule has 0 saturated heterocycles. The van der Waals surface area contributed by atoms with Crippen molar-refractivity contribution >= 4 is 17.7 Å². The molecular weight excluding hydrogens is 274 g/mol. The average Bonchev–Trinajstić information content (AvgIpc) is 2.97. The highest BCUT2D eigenvalue weighted by molar-refractivity contribution is 7.99. The van der Waals surface area contributed by atoms with Crippen molar-refractivity contribution in [3.8, 4) is 0 Å². The molecule has 1 aliphatic rings. The van der Waals surface area contributed by atoms with Gasteiger partial charge in [-0.05, 0) is 33.9 Å². The molecule has 0 aromatic carbocycles. The minimum atomic E-state index is -0.801. The molecule has 2 rings (SSSR count). The van der Waals surface area contributed by atoms with Gasteiger partial charge in [0.25, 0.3) is 0 Å². The van der Waals surface area contributed by atoms with Crippen molar-refractivity contribution in [1.29, 1.82) is 0 Å². The van der Waals surface area contributed by atoms with Gasteiger partial charge in [0, 0.05) is 24.0 Å². The van der Waals surface area contributed by atoms with Gasteiger partial charge in [0.05, 0.1) is 5.75 Å². The summed E-state index contributed by atoms with van der Waals surface area (Å²) in [5.41, 5.74) is 1.29. The van der Waals surface area contributed by atoms with Crippen LogP contribution in [0.25, 0.3) is 0 Å². The molecule has 0 spiro atoms. The molecule has 6 heteroatoms. The summed E-state index contributed by atoms with van der Waals surface area (Å²) in [5, 5.41) is 9.65. The van der Waals surface area contributed by atoms with Crippen LogP contribution < -0.4 is 0 Å². The third-order valence-corrected chi connectivity index (χ3v) is 5.25. The van der Waals surface area contributed by atoms with Crippen LogP contribution in [0.1, 0.15) is 31.4 Å². The molecule has 0 aliphatic heterocycles. The van der Waals surface area contributed by atoms with Crippen LogP contribution in [-0.4, -0.2) is 50.9 Å². The Morgan fingerprint density at radius 2 is 2.15 bits per heavy atom. The molecule has 0 bridgehead atoms. The summed E-state index contributed by atoms with van der Waals surface area (Å²) < 4.78 is 2.18. The van der Waals surface area contributed by atoms with Crippen LogP contribution in [0.3, 0.4) is 0 Å². The molecule has 1 N–H and O–H groups in total. The topological polar surface area (TPSA) is 58.4 Å². The van der Waals surface area contributed by atoms with Gasteiger partial charge < -0.3 is 14.6 Å². The second-order valence-electron chi connectivity index (χ2n) is 5.78. The zero-order valence-electron chi connectivity index (χ0n) is 12.4. The van der Waals surface area contributed by atoms with Gasteiger partial charge in [0.2, 0.25) is 0 Å². The number of thioether (sulfide) groups is 1. The molecule has 0 radical (unpaired) electrons. The zero-order chi connectivity index (χ0) is 14.8. The molecule has 0 atom stereocenters. The zero-order valence-corrected chi connectivity index (χ0v) is 13.2. The fourth-order valence-corrected chi connectivity index (χ4v) is 3.69. The van der Waals surface area contributed by atoms with Crippen molar-refractivity contribution in [2.75, 3.05) is 19.8 Å². The number of carboxylic acid groups (broad SMARTS) is 1. The summed E-state index contributed by atoms with van der Waals surface area (Å²) in [4.78, 5) is 17.4. The molecular formula is C14H23N3O2S. The number of aromatic nitrogens is 2. The fraction of sp³-hybridized carbons (Fsp3) is 0.714. The Morgan fingerprint density at radius 1 is 1.50 bits per heavy atom. The van der Waals surface area contributed by atoms with Gasteiger partial charge >= 0.3 is 5.97 Å². The van der Waals surface area contributed by atoms with Crippen molar-refractivity contribution in [3.05, 3.63) is 11.9 Å². The molecule has 1 aromatic rings. The third-order valence-electron chi connectivity index (χ3n) is 4.28. The van der Waals surface area contributed by atoms with Crippen molar-refractivity contribution in [2.45, 2.75) is 49.8 Å². The molecule has 0 unspecified atom stereocenters. The van der Waals surface area contributed by atoms with Crippen LogP contribution in [0.4, 0.5) is 0 Å². The van der Waals surface area contributed by atoms with Crippen LogP contribution in [-0.2, 0) is 11.3 Å². The van der Waals surface area contributed by atoms with Gasteiger partial charge in [0.15, 0.2) is 5.16 Å². The van der Waals surface area contributed by atoms with E-state index in [1.165, 1.54) is 37.4 Å². The summed E-state index contributed by atoms with van der Waals surface area (Å²) in [5.74, 6) is -0.740. The van der Waals surface area contributed by atoms with E-state index in [4.69, 9.17) is 5.11 Å². The Labute approximate surface area is 124 Å². The average molecular weight is 297 g/mol. The Balaban J connectivity index is 2.19. The number of imidazole rings is 1. The van der Waals surface area contributed by atoms with E-state index in [1.807, 2.05) is 13.1 Å². The molecule has 5 nitrogen and oxygen atoms in total. The monoisotopic (exact) mass is 297 g/mol. The summed E-state index contributed by atoms with van der Waals surface area (Å²) in [6, 6.07) is 0. The van der Waals surface area contributed by atoms with E-state index in [0.717, 1.165) is 17.4 Å². The number of aliphatic carboxylic acids is 1. The van der Waals surface area contributed by atoms with E-state index in [1.54, 1.807) is 0 Å². The molecule has 1 aromatic heterocycles. The van der Waals surface area contributed by atoms with Crippen LogP contribution in [0, 0.1) is 6.92 Å². The maximum atomic E-state index is 10.7. The first-order valence-electron chi connectivity index (χ1n) is 6.99. The quantitative estimate of drug-likeness (QED) is 0.816. The molecule has 20 heavy (non-hydrogen) atoms. The predicted octanol–water partition coefficient (Wildman–Crippen LogP) is 2.24. The summed E-state index contributed by atoms with van der Waals surface area (Å²) in [6.07, 6.45) is 6.76. The normalized spacial score (nSPS) is 17.8. The van der Waals surface area contributed by atoms with E-state index in [2.05, 4.69) is 28.5 Å². The number of likely N-dealkylation sites (N-methyl/N-ethyl adjacent to an activating group) is 1. The Morgan fingerprint density at radius 3 is 2.70 bits per heavy atom. The van der Waals surface area contributed by atoms with Gasteiger partial charge in [-0.2, -0.15) is 0 Å². The standard InChI is InChI=1S/C14H23N3O2S/c1-11-8-15-13(20-9-12(18)19)17(11)10-14(16(2)3)6-4-5-7-14/h8H,4-7,9-10H2,1-3H3,(H,18,19). The molecule has 1 fully saturated rings. The molecule has 112 valence electrons. The molecule has 1 aliphatic carbocycles. The van der Waals surface area contributed by atoms with Gasteiger partial charge in [-0.25, -0.2) is 4.98 Å². The minimum Gasteiger partial charge on any atom is -0.481 e. The van der Waals surface area contributed by atoms with Crippen molar-refractivity contribution in [3.63, 3.8) is 0 Å². The number of aryl methyl sites for hydroxylation is 1. The summed E-state index contributed by atoms with van der Waals surface area (Å²) in [6.45, 7) is 2.93. The van der Waals surface area contributed by atoms with Crippen molar-refractivity contribution < 1.29 is 9.90 Å². The van der Waals surface area contributed by atoms with Crippen LogP contribution >= 0.6 is 11.8 Å². The van der Waals surface area contributed by atoms with E-state index >= 15 is 0 Å². The van der Waals surface area contributed by atoms with E-state index in [-0.39, 0.29) is 11.3 Å². The first-order valence-corrected chi connectivity index (χ1v) is 7.97. The lowest BCUT2D eigenvalue weighted by Crippen LogP contribution is -2.45. The molecule has 1 saturated carbocycles. The lowest BCUT2D eigenvalue weighted by atomic mass is 9.96. The van der Waals surface area contributed by atoms with Crippen LogP contribution in [0.15, 0.2) is 11.4 Å². The Bertz CT molecular complexity index is 479. The maximum Gasteiger partial charge on any atom is 0.313 e. The lowest BCUT2D eigenvalue weighted by molar-refractivity contribution is -0.133. The number of nitrogens with zero attached hydrogens (tertiary/aromatic N) is 3. The second-order valence-corrected chi connectivity index (χ2v) is 6.72. The molecule has 0 amide bonds. The Kier molecular flexibility index (Phi) is 4.75. The maximum absolute atomic E-state index is 10.7. The minimum absolute atomic E-state index is 0.0609. The first kappa shape index (κ1) is 15.4. The Hall–Kier alpha value is -1.01. The van der Waals surface area contributed by atoms with Crippen LogP contribution in [0.5, 0.6) is 0 Å². The van der Waals surface area contributed by atoms with Crippen molar-refractivity contribution in [1.82, 2.24) is 14.5 Å². The highest BCUT2D eigenvalue weighted by Gasteiger charge is 2.37. The van der Waals surface area contributed by atoms with E-state index in [9.17, 15) is 4.79 Å². The van der Waals surface area contributed by atoms with Gasteiger partial charge in [-0.15, -0.1) is 0 Å². The number of carbonyl (C=O) groups is 1. The number of rotatable bonds is 6. The number of hydrogen-bond donors (Lipinski definition) is 1. The lowest BCUT2D eigenvalue weighted by Gasteiger charge is -2.37. The van der Waals surface area contributed by atoms with Gasteiger partial charge in [0.1, 0.15) is 0 Å². The molecule has 1 heterocycles. The van der Waals surface area contributed by atoms with Gasteiger partial charge in [-0.1, -0.05) is 24.6 Å². The SMILES string of the molecule is Cc1cnc(SCC(=O)O)n1CC1(N(C)C)CCCC1. The predicted molar refractivity (Wildman–Crippen MR) is 80.2 cm³/mol. The van der Waals surface area contributed by atoms with Crippen LogP contribution in [0.2, 0.25) is 0 Å². The van der Waals surface area contributed by atoms with E-state index < -0.39 is 5.97 Å². The summed E-state index contributed by atoms with van der Waals surface area (Å²) in [7, 11) is 4.28. The number of hydrogen-bond acceptors (Lipinski definition) is 4. The second kappa shape index (κ2) is 6.18. The smallest absolute Gasteiger partial charge is 0.313 e. The largest absolute Gasteiger partial charge is 0.481 e. The number of carboxylic acids is 1. The van der Waals surface area contributed by atoms with E-state index in [0.29, 0.717) is 0 Å². The highest BCUT2D eigenvalue weighted by atomic mass is 32.2. The summed E-state index contributed by atoms with van der Waals surface area (Å²) >= 11 is 1.30. The first-order chi connectivity index (χ1) is 9.44. The third kappa shape index (κ3) is 3.17. The fourth-order valence-electron chi connectivity index (χ4n) is 2.95.